The Morgan fingerprint density at radius 3 is 2.18 bits per heavy atom. The topological polar surface area (TPSA) is 114 Å². The second-order valence-corrected chi connectivity index (χ2v) is 5.73. The fraction of sp³-hybridized carbons (Fsp3) is 0.250. The molecule has 0 aliphatic carbocycles. The third kappa shape index (κ3) is 6.64. The number of ether oxygens (including phenoxy) is 2. The van der Waals surface area contributed by atoms with E-state index in [1.807, 2.05) is 0 Å². The number of nitrogens with one attached hydrogen (secondary N) is 2. The van der Waals surface area contributed by atoms with Gasteiger partial charge in [-0.25, -0.2) is 4.79 Å². The SMILES string of the molecule is CCOC(=O)Oc1ccc(C(=O)NCCCNC(=O)c2cccc(O)c2)cc1. The number of carbonyl (C=O) groups is 3. The van der Waals surface area contributed by atoms with Crippen LogP contribution in [-0.2, 0) is 4.74 Å². The molecule has 2 amide bonds. The molecule has 0 bridgehead atoms. The minimum absolute atomic E-state index is 0.0265. The molecule has 2 aromatic carbocycles. The molecule has 28 heavy (non-hydrogen) atoms. The number of hydrogen-bond acceptors (Lipinski definition) is 6. The molecule has 0 spiro atoms. The monoisotopic (exact) mass is 386 g/mol. The van der Waals surface area contributed by atoms with Crippen LogP contribution in [0.4, 0.5) is 4.79 Å². The summed E-state index contributed by atoms with van der Waals surface area (Å²) in [6, 6.07) is 12.1. The molecule has 2 aromatic rings. The normalized spacial score (nSPS) is 10.0. The second-order valence-electron chi connectivity index (χ2n) is 5.73. The van der Waals surface area contributed by atoms with Crippen molar-refractivity contribution in [3.8, 4) is 11.5 Å². The molecule has 0 heterocycles. The molecule has 148 valence electrons. The summed E-state index contributed by atoms with van der Waals surface area (Å²) in [6.07, 6.45) is -0.257. The second kappa shape index (κ2) is 10.6. The highest BCUT2D eigenvalue weighted by Gasteiger charge is 2.09. The van der Waals surface area contributed by atoms with Gasteiger partial charge >= 0.3 is 6.16 Å². The van der Waals surface area contributed by atoms with Crippen molar-refractivity contribution >= 4 is 18.0 Å². The third-order valence-electron chi connectivity index (χ3n) is 3.61. The minimum Gasteiger partial charge on any atom is -0.508 e. The van der Waals surface area contributed by atoms with Crippen molar-refractivity contribution < 1.29 is 29.0 Å². The number of phenolic OH excluding ortho intramolecular Hbond substituents is 1. The zero-order valence-corrected chi connectivity index (χ0v) is 15.4. The Kier molecular flexibility index (Phi) is 7.83. The van der Waals surface area contributed by atoms with Crippen molar-refractivity contribution in [1.82, 2.24) is 10.6 Å². The lowest BCUT2D eigenvalue weighted by molar-refractivity contribution is 0.0950. The highest BCUT2D eigenvalue weighted by Crippen LogP contribution is 2.13. The first kappa shape index (κ1) is 20.8. The lowest BCUT2D eigenvalue weighted by Crippen LogP contribution is -2.29. The van der Waals surface area contributed by atoms with Gasteiger partial charge in [0.25, 0.3) is 11.8 Å². The first-order valence-corrected chi connectivity index (χ1v) is 8.79. The Bertz CT molecular complexity index is 820. The molecule has 0 unspecified atom stereocenters. The average Bonchev–Trinajstić information content (AvgIpc) is 2.68. The first-order valence-electron chi connectivity index (χ1n) is 8.79. The summed E-state index contributed by atoms with van der Waals surface area (Å²) in [4.78, 5) is 35.2. The molecule has 0 fully saturated rings. The molecule has 0 aromatic heterocycles. The maximum absolute atomic E-state index is 12.1. The van der Waals surface area contributed by atoms with Gasteiger partial charge in [0.15, 0.2) is 0 Å². The zero-order valence-electron chi connectivity index (χ0n) is 15.4. The number of benzene rings is 2. The van der Waals surface area contributed by atoms with E-state index in [-0.39, 0.29) is 29.9 Å². The molecule has 0 radical (unpaired) electrons. The van der Waals surface area contributed by atoms with Crippen LogP contribution in [0.1, 0.15) is 34.1 Å². The van der Waals surface area contributed by atoms with Gasteiger partial charge in [-0.1, -0.05) is 6.07 Å². The van der Waals surface area contributed by atoms with Crippen molar-refractivity contribution in [3.63, 3.8) is 0 Å². The molecule has 0 saturated carbocycles. The molecule has 8 heteroatoms. The van der Waals surface area contributed by atoms with Gasteiger partial charge in [-0.3, -0.25) is 9.59 Å². The van der Waals surface area contributed by atoms with Crippen molar-refractivity contribution in [3.05, 3.63) is 59.7 Å². The Balaban J connectivity index is 1.69. The van der Waals surface area contributed by atoms with E-state index in [2.05, 4.69) is 15.4 Å². The fourth-order valence-electron chi connectivity index (χ4n) is 2.26. The number of aromatic hydroxyl groups is 1. The Labute approximate surface area is 162 Å². The van der Waals surface area contributed by atoms with Gasteiger partial charge < -0.3 is 25.2 Å². The summed E-state index contributed by atoms with van der Waals surface area (Å²) < 4.78 is 9.59. The van der Waals surface area contributed by atoms with E-state index in [1.54, 1.807) is 19.1 Å². The first-order chi connectivity index (χ1) is 13.5. The summed E-state index contributed by atoms with van der Waals surface area (Å²) in [5, 5.41) is 14.8. The molecule has 0 atom stereocenters. The van der Waals surface area contributed by atoms with Crippen molar-refractivity contribution in [2.45, 2.75) is 13.3 Å². The Morgan fingerprint density at radius 2 is 1.57 bits per heavy atom. The number of hydrogen-bond donors (Lipinski definition) is 3. The average molecular weight is 386 g/mol. The molecular weight excluding hydrogens is 364 g/mol. The zero-order chi connectivity index (χ0) is 20.4. The molecule has 0 aliphatic heterocycles. The van der Waals surface area contributed by atoms with Crippen LogP contribution >= 0.6 is 0 Å². The van der Waals surface area contributed by atoms with Crippen molar-refractivity contribution in [1.29, 1.82) is 0 Å². The van der Waals surface area contributed by atoms with Crippen LogP contribution < -0.4 is 15.4 Å². The van der Waals surface area contributed by atoms with Gasteiger partial charge in [0.05, 0.1) is 6.61 Å². The molecule has 2 rings (SSSR count). The van der Waals surface area contributed by atoms with E-state index >= 15 is 0 Å². The molecular formula is C20H22N2O6. The van der Waals surface area contributed by atoms with E-state index in [0.717, 1.165) is 0 Å². The van der Waals surface area contributed by atoms with Gasteiger partial charge in [-0.2, -0.15) is 0 Å². The van der Waals surface area contributed by atoms with Gasteiger partial charge in [0, 0.05) is 24.2 Å². The summed E-state index contributed by atoms with van der Waals surface area (Å²) in [5.74, 6) is -0.260. The third-order valence-corrected chi connectivity index (χ3v) is 3.61. The highest BCUT2D eigenvalue weighted by molar-refractivity contribution is 5.95. The largest absolute Gasteiger partial charge is 0.513 e. The molecule has 0 saturated heterocycles. The van der Waals surface area contributed by atoms with Gasteiger partial charge in [-0.05, 0) is 55.8 Å². The maximum Gasteiger partial charge on any atom is 0.513 e. The predicted molar refractivity (Wildman–Crippen MR) is 101 cm³/mol. The van der Waals surface area contributed by atoms with E-state index in [0.29, 0.717) is 30.6 Å². The fourth-order valence-corrected chi connectivity index (χ4v) is 2.26. The number of carbonyl (C=O) groups excluding carboxylic acids is 3. The van der Waals surface area contributed by atoms with E-state index < -0.39 is 6.16 Å². The lowest BCUT2D eigenvalue weighted by Gasteiger charge is -2.08. The lowest BCUT2D eigenvalue weighted by atomic mass is 10.2. The van der Waals surface area contributed by atoms with Crippen LogP contribution in [0.25, 0.3) is 0 Å². The quantitative estimate of drug-likeness (QED) is 0.365. The number of amides is 2. The minimum atomic E-state index is -0.799. The van der Waals surface area contributed by atoms with Crippen LogP contribution in [0, 0.1) is 0 Å². The van der Waals surface area contributed by atoms with Gasteiger partial charge in [-0.15, -0.1) is 0 Å². The summed E-state index contributed by atoms with van der Waals surface area (Å²) in [5.41, 5.74) is 0.786. The Morgan fingerprint density at radius 1 is 0.929 bits per heavy atom. The maximum atomic E-state index is 12.1. The van der Waals surface area contributed by atoms with Crippen LogP contribution in [0.3, 0.4) is 0 Å². The standard InChI is InChI=1S/C20H22N2O6/c1-2-27-20(26)28-17-9-7-14(8-10-17)18(24)21-11-4-12-22-19(25)15-5-3-6-16(23)13-15/h3,5-10,13,23H,2,4,11-12H2,1H3,(H,21,24)(H,22,25). The number of phenols is 1. The van der Waals surface area contributed by atoms with Crippen LogP contribution in [0.15, 0.2) is 48.5 Å². The van der Waals surface area contributed by atoms with E-state index in [4.69, 9.17) is 4.74 Å². The summed E-state index contributed by atoms with van der Waals surface area (Å²) in [7, 11) is 0. The molecule has 3 N–H and O–H groups in total. The van der Waals surface area contributed by atoms with E-state index in [1.165, 1.54) is 36.4 Å². The highest BCUT2D eigenvalue weighted by atomic mass is 16.7. The van der Waals surface area contributed by atoms with Crippen LogP contribution in [0.5, 0.6) is 11.5 Å². The Hall–Kier alpha value is -3.55. The van der Waals surface area contributed by atoms with Gasteiger partial charge in [0.2, 0.25) is 0 Å². The smallest absolute Gasteiger partial charge is 0.508 e. The van der Waals surface area contributed by atoms with E-state index in [9.17, 15) is 19.5 Å². The van der Waals surface area contributed by atoms with Crippen LogP contribution in [0.2, 0.25) is 0 Å². The summed E-state index contributed by atoms with van der Waals surface area (Å²) in [6.45, 7) is 2.64. The van der Waals surface area contributed by atoms with Crippen LogP contribution in [-0.4, -0.2) is 42.8 Å². The predicted octanol–water partition coefficient (Wildman–Crippen LogP) is 2.48. The van der Waals surface area contributed by atoms with Crippen molar-refractivity contribution in [2.24, 2.45) is 0 Å². The van der Waals surface area contributed by atoms with Crippen molar-refractivity contribution in [2.75, 3.05) is 19.7 Å². The molecule has 0 aliphatic rings. The summed E-state index contributed by atoms with van der Waals surface area (Å²) >= 11 is 0. The molecule has 8 nitrogen and oxygen atoms in total. The van der Waals surface area contributed by atoms with Gasteiger partial charge in [0.1, 0.15) is 11.5 Å². The number of rotatable bonds is 8.